The van der Waals surface area contributed by atoms with Crippen molar-refractivity contribution >= 4 is 35.1 Å². The van der Waals surface area contributed by atoms with E-state index in [4.69, 9.17) is 4.74 Å². The summed E-state index contributed by atoms with van der Waals surface area (Å²) in [5.74, 6) is 2.16. The summed E-state index contributed by atoms with van der Waals surface area (Å²) in [6, 6.07) is 15.3. The molecule has 3 N–H and O–H groups in total. The first-order chi connectivity index (χ1) is 19.1. The fraction of sp³-hybridized carbons (Fsp3) is 0.367. The van der Waals surface area contributed by atoms with Gasteiger partial charge in [-0.3, -0.25) is 9.69 Å². The predicted molar refractivity (Wildman–Crippen MR) is 151 cm³/mol. The lowest BCUT2D eigenvalue weighted by Crippen LogP contribution is -2.52. The molecule has 4 aliphatic rings. The van der Waals surface area contributed by atoms with Gasteiger partial charge in [0.1, 0.15) is 21.8 Å². The van der Waals surface area contributed by atoms with Crippen LogP contribution in [0.4, 0.5) is 16.2 Å². The lowest BCUT2D eigenvalue weighted by molar-refractivity contribution is -0.121. The third-order valence-electron chi connectivity index (χ3n) is 7.98. The second-order valence-electron chi connectivity index (χ2n) is 10.8. The minimum absolute atomic E-state index is 0.0550. The average molecular weight is 542 g/mol. The van der Waals surface area contributed by atoms with Gasteiger partial charge in [0.2, 0.25) is 5.91 Å². The largest absolute Gasteiger partial charge is 0.457 e. The molecule has 1 aliphatic carbocycles. The van der Waals surface area contributed by atoms with Crippen LogP contribution in [0.2, 0.25) is 0 Å². The van der Waals surface area contributed by atoms with Gasteiger partial charge < -0.3 is 20.7 Å². The molecule has 7 rings (SSSR count). The van der Waals surface area contributed by atoms with Gasteiger partial charge >= 0.3 is 6.03 Å². The Morgan fingerprint density at radius 2 is 2.00 bits per heavy atom. The molecule has 1 saturated carbocycles. The highest BCUT2D eigenvalue weighted by Crippen LogP contribution is 2.51. The van der Waals surface area contributed by atoms with Crippen LogP contribution in [0.5, 0.6) is 11.5 Å². The van der Waals surface area contributed by atoms with E-state index in [2.05, 4.69) is 33.1 Å². The third kappa shape index (κ3) is 4.53. The molecule has 0 radical (unpaired) electrons. The highest BCUT2D eigenvalue weighted by atomic mass is 32.2. The van der Waals surface area contributed by atoms with E-state index in [9.17, 15) is 9.59 Å². The van der Waals surface area contributed by atoms with Gasteiger partial charge in [0, 0.05) is 24.3 Å². The minimum atomic E-state index is -0.454. The monoisotopic (exact) mass is 541 g/mol. The number of thioether (sulfide) groups is 1. The molecule has 1 aromatic heterocycles. The van der Waals surface area contributed by atoms with Gasteiger partial charge in [-0.25, -0.2) is 9.78 Å². The van der Waals surface area contributed by atoms with Crippen LogP contribution in [0.1, 0.15) is 54.3 Å². The summed E-state index contributed by atoms with van der Waals surface area (Å²) >= 11 is 1.43. The Hall–Kier alpha value is -3.56. The summed E-state index contributed by atoms with van der Waals surface area (Å²) < 4.78 is 6.30. The zero-order valence-corrected chi connectivity index (χ0v) is 22.6. The molecule has 3 aromatic rings. The smallest absolute Gasteiger partial charge is 0.327 e. The maximum absolute atomic E-state index is 13.6. The first kappa shape index (κ1) is 24.5. The van der Waals surface area contributed by atoms with E-state index in [0.29, 0.717) is 5.92 Å². The molecule has 3 aliphatic heterocycles. The van der Waals surface area contributed by atoms with E-state index in [-0.39, 0.29) is 18.0 Å². The van der Waals surface area contributed by atoms with E-state index in [1.807, 2.05) is 43.3 Å². The summed E-state index contributed by atoms with van der Waals surface area (Å²) in [5, 5.41) is 9.98. The molecule has 2 unspecified atom stereocenters. The average Bonchev–Trinajstić information content (AvgIpc) is 3.72. The fourth-order valence-electron chi connectivity index (χ4n) is 5.90. The number of rotatable bonds is 6. The summed E-state index contributed by atoms with van der Waals surface area (Å²) in [7, 11) is 0. The van der Waals surface area contributed by atoms with E-state index >= 15 is 0 Å². The predicted octanol–water partition coefficient (Wildman–Crippen LogP) is 5.30. The number of nitrogens with zero attached hydrogens (tertiary/aromatic N) is 2. The Kier molecular flexibility index (Phi) is 6.20. The van der Waals surface area contributed by atoms with Gasteiger partial charge in [0.15, 0.2) is 0 Å². The number of piperidine rings is 1. The molecule has 200 valence electrons. The van der Waals surface area contributed by atoms with Crippen LogP contribution in [0.25, 0.3) is 0 Å². The summed E-state index contributed by atoms with van der Waals surface area (Å²) in [6.45, 7) is 3.74. The van der Waals surface area contributed by atoms with Gasteiger partial charge in [0.05, 0.1) is 17.4 Å². The molecule has 2 fully saturated rings. The highest BCUT2D eigenvalue weighted by molar-refractivity contribution is 8.01. The number of ether oxygens (including phenoxy) is 1. The van der Waals surface area contributed by atoms with Gasteiger partial charge in [0.25, 0.3) is 0 Å². The highest BCUT2D eigenvalue weighted by Gasteiger charge is 2.47. The topological polar surface area (TPSA) is 95.6 Å². The van der Waals surface area contributed by atoms with Gasteiger partial charge in [-0.15, -0.1) is 0 Å². The lowest BCUT2D eigenvalue weighted by atomic mass is 9.99. The van der Waals surface area contributed by atoms with Crippen molar-refractivity contribution < 1.29 is 14.3 Å². The van der Waals surface area contributed by atoms with Crippen molar-refractivity contribution in [3.63, 3.8) is 0 Å². The molecule has 3 atom stereocenters. The van der Waals surface area contributed by atoms with E-state index in [1.54, 1.807) is 11.1 Å². The van der Waals surface area contributed by atoms with Crippen LogP contribution >= 0.6 is 11.8 Å². The minimum Gasteiger partial charge on any atom is -0.457 e. The number of pyridine rings is 1. The number of urea groups is 1. The second kappa shape index (κ2) is 9.88. The molecule has 1 saturated heterocycles. The molecule has 0 bridgehead atoms. The van der Waals surface area contributed by atoms with Gasteiger partial charge in [-0.05, 0) is 86.5 Å². The van der Waals surface area contributed by atoms with E-state index in [0.717, 1.165) is 65.0 Å². The summed E-state index contributed by atoms with van der Waals surface area (Å²) in [4.78, 5) is 33.1. The van der Waals surface area contributed by atoms with Crippen LogP contribution in [-0.4, -0.2) is 41.3 Å². The normalized spacial score (nSPS) is 23.7. The molecular weight excluding hydrogens is 510 g/mol. The molecular formula is C30H31N5O3S. The Morgan fingerprint density at radius 3 is 2.79 bits per heavy atom. The number of aryl methyl sites for hydroxylation is 1. The number of hydrogen-bond donors (Lipinski definition) is 3. The Morgan fingerprint density at radius 1 is 1.13 bits per heavy atom. The van der Waals surface area contributed by atoms with Crippen molar-refractivity contribution in [2.24, 2.45) is 0 Å². The maximum Gasteiger partial charge on any atom is 0.327 e. The number of hydrogen-bond acceptors (Lipinski definition) is 6. The van der Waals surface area contributed by atoms with Crippen LogP contribution in [0.3, 0.4) is 0 Å². The first-order valence-corrected chi connectivity index (χ1v) is 14.6. The number of anilines is 2. The van der Waals surface area contributed by atoms with Crippen LogP contribution in [-0.2, 0) is 4.79 Å². The number of nitrogens with one attached hydrogen (secondary N) is 3. The molecule has 39 heavy (non-hydrogen) atoms. The van der Waals surface area contributed by atoms with Crippen molar-refractivity contribution in [2.45, 2.75) is 60.9 Å². The number of benzene rings is 2. The molecule has 2 aromatic carbocycles. The quantitative estimate of drug-likeness (QED) is 0.392. The third-order valence-corrected chi connectivity index (χ3v) is 9.27. The van der Waals surface area contributed by atoms with Crippen molar-refractivity contribution in [3.05, 3.63) is 71.4 Å². The molecule has 8 nitrogen and oxygen atoms in total. The van der Waals surface area contributed by atoms with Gasteiger partial charge in [-0.1, -0.05) is 30.0 Å². The Labute approximate surface area is 231 Å². The number of amides is 3. The van der Waals surface area contributed by atoms with Gasteiger partial charge in [-0.2, -0.15) is 0 Å². The standard InChI is InChI=1S/C30H31N5O3S/c1-17-15-20(38-24-7-3-2-6-21(24)18-8-9-18)10-11-22(17)35-23-12-14-32-29-25(23)26(34-30(35)37)27(39-29)28(36)33-19-5-4-13-31-16-19/h2-3,6-7,10-12,14-15,18-19,26-27,31H,4-5,8-9,13,16H2,1H3,(H,33,36)(H,34,37)/t19?,26?,27-/m1/s1. The van der Waals surface area contributed by atoms with Crippen LogP contribution in [0, 0.1) is 6.92 Å². The molecule has 9 heteroatoms. The first-order valence-electron chi connectivity index (χ1n) is 13.7. The van der Waals surface area contributed by atoms with E-state index in [1.165, 1.54) is 30.2 Å². The van der Waals surface area contributed by atoms with Crippen molar-refractivity contribution in [1.82, 2.24) is 20.9 Å². The van der Waals surface area contributed by atoms with Crippen molar-refractivity contribution in [2.75, 3.05) is 18.0 Å². The van der Waals surface area contributed by atoms with E-state index < -0.39 is 11.3 Å². The molecule has 4 heterocycles. The SMILES string of the molecule is Cc1cc(Oc2ccccc2C2CC2)ccc1N1C(=O)NC2c3c1ccnc3S[C@H]2C(=O)NC1CCCNC1. The van der Waals surface area contributed by atoms with Crippen molar-refractivity contribution in [3.8, 4) is 11.5 Å². The molecule has 3 amide bonds. The number of carbonyl (C=O) groups excluding carboxylic acids is 2. The fourth-order valence-corrected chi connectivity index (χ4v) is 7.13. The summed E-state index contributed by atoms with van der Waals surface area (Å²) in [6.07, 6.45) is 6.13. The second-order valence-corrected chi connectivity index (χ2v) is 11.9. The van der Waals surface area contributed by atoms with Crippen molar-refractivity contribution in [1.29, 1.82) is 0 Å². The number of carbonyl (C=O) groups is 2. The maximum atomic E-state index is 13.6. The lowest BCUT2D eigenvalue weighted by Gasteiger charge is -2.35. The zero-order chi connectivity index (χ0) is 26.5. The zero-order valence-electron chi connectivity index (χ0n) is 21.8. The molecule has 0 spiro atoms. The Bertz CT molecular complexity index is 1450. The Balaban J connectivity index is 1.15. The summed E-state index contributed by atoms with van der Waals surface area (Å²) in [5.41, 5.74) is 4.62. The number of aromatic nitrogens is 1. The number of para-hydroxylation sites is 1. The van der Waals surface area contributed by atoms with Crippen LogP contribution < -0.4 is 25.6 Å². The van der Waals surface area contributed by atoms with Crippen LogP contribution in [0.15, 0.2) is 59.8 Å².